The monoisotopic (exact) mass is 1180 g/mol. The maximum atomic E-state index is 13.1. The van der Waals surface area contributed by atoms with Crippen LogP contribution >= 0.6 is 46.4 Å². The molecule has 81 heavy (non-hydrogen) atoms. The largest absolute Gasteiger partial charge is 0.439 e. The van der Waals surface area contributed by atoms with E-state index in [1.807, 2.05) is 84.2 Å². The standard InChI is InChI=1S/C24H20ClF3N6O2.C16H17N5O.C10H11ClN4.C4H2Cl2N2/c1-13-22(14(2)34(3)33-13)20-11-21(30-12-29-20)36-17-6-4-5-15(9-17)31-23(35)32-16-7-8-19(25)18(10-16)24(26,27)28;1-10-16(11(2)21(3)20-10)14-8-15(19-9-18-14)22-13-6-4-5-12(17)7-13;1-6-10(7(2)15(3)14-6)8-4-9(11)13-5-12-8;5-3-1-4(6)8-2-7-3/h4-12H,1-3H3,(H2,31,32,35);4-9H,17H2,1-3H3;4-5H,1-3H3;1-2H. The van der Waals surface area contributed by atoms with Crippen molar-refractivity contribution in [3.05, 3.63) is 177 Å². The lowest BCUT2D eigenvalue weighted by Crippen LogP contribution is -2.20. The number of hydrogen-bond donors (Lipinski definition) is 3. The summed E-state index contributed by atoms with van der Waals surface area (Å²) in [6.07, 6.45) is 0.997. The number of aromatic nitrogens is 14. The highest BCUT2D eigenvalue weighted by Gasteiger charge is 2.33. The Morgan fingerprint density at radius 3 is 1.32 bits per heavy atom. The number of nitrogens with two attached hydrogens (primary N) is 1. The lowest BCUT2D eigenvalue weighted by atomic mass is 10.1. The summed E-state index contributed by atoms with van der Waals surface area (Å²) >= 11 is 22.3. The highest BCUT2D eigenvalue weighted by Crippen LogP contribution is 2.37. The number of ether oxygens (including phenoxy) is 2. The molecule has 10 rings (SSSR count). The molecule has 7 heterocycles. The van der Waals surface area contributed by atoms with Gasteiger partial charge >= 0.3 is 12.2 Å². The van der Waals surface area contributed by atoms with Gasteiger partial charge in [0.15, 0.2) is 0 Å². The number of carbonyl (C=O) groups is 1. The van der Waals surface area contributed by atoms with Gasteiger partial charge in [0.2, 0.25) is 11.8 Å². The first-order valence-corrected chi connectivity index (χ1v) is 25.5. The number of nitrogen functional groups attached to an aromatic ring is 1. The van der Waals surface area contributed by atoms with Gasteiger partial charge in [-0.2, -0.15) is 28.5 Å². The summed E-state index contributed by atoms with van der Waals surface area (Å²) < 4.78 is 56.2. The smallest absolute Gasteiger partial charge is 0.417 e. The third-order valence-corrected chi connectivity index (χ3v) is 12.7. The Balaban J connectivity index is 0.000000177. The molecule has 0 aliphatic heterocycles. The molecule has 4 N–H and O–H groups in total. The maximum absolute atomic E-state index is 13.1. The number of nitrogens with zero attached hydrogens (tertiary/aromatic N) is 14. The van der Waals surface area contributed by atoms with Crippen molar-refractivity contribution in [2.24, 2.45) is 21.1 Å². The van der Waals surface area contributed by atoms with Gasteiger partial charge in [-0.15, -0.1) is 0 Å². The molecule has 0 bridgehead atoms. The molecule has 0 fully saturated rings. The third-order valence-electron chi connectivity index (χ3n) is 11.7. The van der Waals surface area contributed by atoms with Gasteiger partial charge in [-0.3, -0.25) is 14.0 Å². The Morgan fingerprint density at radius 2 is 0.914 bits per heavy atom. The first-order valence-electron chi connectivity index (χ1n) is 24.0. The van der Waals surface area contributed by atoms with E-state index in [-0.39, 0.29) is 11.6 Å². The van der Waals surface area contributed by atoms with Crippen LogP contribution < -0.4 is 25.8 Å². The SMILES string of the molecule is Cc1nn(C)c(C)c1-c1cc(Cl)ncn1.Cc1nn(C)c(C)c1-c1cc(Oc2cccc(N)c2)ncn1.Cc1nn(C)c(C)c1-c1cc(Oc2cccc(NC(=O)Nc3ccc(Cl)c(C(F)(F)F)c3)c2)ncn1.Clc1cc(Cl)ncn1. The van der Waals surface area contributed by atoms with Crippen molar-refractivity contribution < 1.29 is 27.4 Å². The predicted octanol–water partition coefficient (Wildman–Crippen LogP) is 13.4. The van der Waals surface area contributed by atoms with E-state index in [1.54, 1.807) is 59.3 Å². The summed E-state index contributed by atoms with van der Waals surface area (Å²) in [5, 5.41) is 18.8. The summed E-state index contributed by atoms with van der Waals surface area (Å²) in [6, 6.07) is 22.8. The van der Waals surface area contributed by atoms with E-state index in [0.29, 0.717) is 49.9 Å². The van der Waals surface area contributed by atoms with Crippen molar-refractivity contribution in [2.45, 2.75) is 47.7 Å². The number of aryl methyl sites for hydroxylation is 6. The normalized spacial score (nSPS) is 10.8. The summed E-state index contributed by atoms with van der Waals surface area (Å²) in [5.41, 5.74) is 16.6. The first kappa shape index (κ1) is 59.9. The zero-order valence-electron chi connectivity index (χ0n) is 44.7. The Morgan fingerprint density at radius 1 is 0.506 bits per heavy atom. The van der Waals surface area contributed by atoms with Crippen molar-refractivity contribution in [1.29, 1.82) is 0 Å². The van der Waals surface area contributed by atoms with Crippen LogP contribution in [0.2, 0.25) is 20.5 Å². The average molecular weight is 1180 g/mol. The van der Waals surface area contributed by atoms with Crippen molar-refractivity contribution in [3.8, 4) is 57.0 Å². The highest BCUT2D eigenvalue weighted by atomic mass is 35.5. The fourth-order valence-electron chi connectivity index (χ4n) is 7.85. The van der Waals surface area contributed by atoms with Crippen molar-refractivity contribution in [2.75, 3.05) is 16.4 Å². The second kappa shape index (κ2) is 26.5. The van der Waals surface area contributed by atoms with E-state index >= 15 is 0 Å². The molecule has 27 heteroatoms. The quantitative estimate of drug-likeness (QED) is 0.0899. The second-order valence-corrected chi connectivity index (χ2v) is 19.0. The Bertz CT molecular complexity index is 3840. The summed E-state index contributed by atoms with van der Waals surface area (Å²) in [6.45, 7) is 11.8. The third kappa shape index (κ3) is 16.0. The number of hydrogen-bond acceptors (Lipinski definition) is 15. The lowest BCUT2D eigenvalue weighted by molar-refractivity contribution is -0.137. The molecule has 3 aromatic carbocycles. The number of amides is 2. The molecule has 2 amide bonds. The van der Waals surface area contributed by atoms with Crippen LogP contribution in [-0.2, 0) is 27.3 Å². The van der Waals surface area contributed by atoms with E-state index < -0.39 is 22.8 Å². The zero-order valence-corrected chi connectivity index (χ0v) is 47.7. The number of anilines is 3. The molecule has 0 saturated heterocycles. The number of alkyl halides is 3. The minimum absolute atomic E-state index is 0.0638. The van der Waals surface area contributed by atoms with Crippen molar-refractivity contribution >= 4 is 69.5 Å². The molecule has 0 saturated carbocycles. The number of halogens is 7. The van der Waals surface area contributed by atoms with Gasteiger partial charge in [-0.1, -0.05) is 58.5 Å². The van der Waals surface area contributed by atoms with Crippen LogP contribution in [-0.4, -0.2) is 75.2 Å². The fraction of sp³-hybridized carbons (Fsp3) is 0.185. The Labute approximate surface area is 482 Å². The molecule has 0 aliphatic carbocycles. The zero-order chi connectivity index (χ0) is 58.7. The van der Waals surface area contributed by atoms with Gasteiger partial charge in [0.25, 0.3) is 0 Å². The summed E-state index contributed by atoms with van der Waals surface area (Å²) in [4.78, 5) is 44.6. The Hall–Kier alpha value is -8.77. The van der Waals surface area contributed by atoms with Crippen LogP contribution in [0.5, 0.6) is 23.3 Å². The lowest BCUT2D eigenvalue weighted by Gasteiger charge is -2.13. The van der Waals surface area contributed by atoms with Crippen LogP contribution in [0.25, 0.3) is 33.8 Å². The van der Waals surface area contributed by atoms with Crippen molar-refractivity contribution in [3.63, 3.8) is 0 Å². The van der Waals surface area contributed by atoms with Crippen LogP contribution in [0.1, 0.15) is 39.7 Å². The topological polar surface area (TPSA) is 242 Å². The van der Waals surface area contributed by atoms with Crippen LogP contribution in [0.4, 0.5) is 35.0 Å². The van der Waals surface area contributed by atoms with Crippen LogP contribution in [0.3, 0.4) is 0 Å². The van der Waals surface area contributed by atoms with E-state index in [1.165, 1.54) is 37.4 Å². The van der Waals surface area contributed by atoms with Crippen LogP contribution in [0, 0.1) is 41.5 Å². The van der Waals surface area contributed by atoms with E-state index in [0.717, 1.165) is 74.4 Å². The van der Waals surface area contributed by atoms with E-state index in [4.69, 9.17) is 61.6 Å². The molecule has 0 spiro atoms. The van der Waals surface area contributed by atoms with Crippen molar-refractivity contribution in [1.82, 2.24) is 69.2 Å². The maximum Gasteiger partial charge on any atom is 0.417 e. The van der Waals surface area contributed by atoms with E-state index in [9.17, 15) is 18.0 Å². The average Bonchev–Trinajstić information content (AvgIpc) is 3.98. The minimum atomic E-state index is -4.65. The number of rotatable bonds is 9. The van der Waals surface area contributed by atoms with Gasteiger partial charge in [0.1, 0.15) is 52.3 Å². The molecule has 0 unspecified atom stereocenters. The van der Waals surface area contributed by atoms with Gasteiger partial charge in [-0.25, -0.2) is 44.7 Å². The van der Waals surface area contributed by atoms with Gasteiger partial charge < -0.3 is 25.8 Å². The molecule has 0 radical (unpaired) electrons. The first-order chi connectivity index (χ1) is 38.4. The molecule has 418 valence electrons. The molecule has 0 atom stereocenters. The fourth-order valence-corrected chi connectivity index (χ4v) is 8.57. The predicted molar refractivity (Wildman–Crippen MR) is 305 cm³/mol. The molecular weight excluding hydrogens is 1130 g/mol. The Kier molecular flexibility index (Phi) is 19.6. The number of benzene rings is 3. The van der Waals surface area contributed by atoms with Crippen LogP contribution in [0.15, 0.2) is 116 Å². The molecule has 10 aromatic rings. The summed E-state index contributed by atoms with van der Waals surface area (Å²) in [7, 11) is 5.67. The number of nitrogens with one attached hydrogen (secondary N) is 2. The van der Waals surface area contributed by atoms with Gasteiger partial charge in [0, 0.05) is 108 Å². The number of urea groups is 1. The molecule has 0 aliphatic rings. The van der Waals surface area contributed by atoms with Gasteiger partial charge in [-0.05, 0) is 84.0 Å². The highest BCUT2D eigenvalue weighted by molar-refractivity contribution is 6.33. The molecule has 20 nitrogen and oxygen atoms in total. The molecule has 7 aromatic heterocycles. The second-order valence-electron chi connectivity index (χ2n) is 17.5. The van der Waals surface area contributed by atoms with Gasteiger partial charge in [0.05, 0.1) is 44.7 Å². The minimum Gasteiger partial charge on any atom is -0.439 e. The van der Waals surface area contributed by atoms with E-state index in [2.05, 4.69) is 65.8 Å². The summed E-state index contributed by atoms with van der Waals surface area (Å²) in [5.74, 6) is 1.77. The molecular formula is C54H50Cl4F3N17O3. The number of carbonyl (C=O) groups excluding carboxylic acids is 1.